The molecule has 0 aromatic rings. The summed E-state index contributed by atoms with van der Waals surface area (Å²) in [4.78, 5) is 37.8. The molecular weight excluding hydrogens is 685 g/mol. The van der Waals surface area contributed by atoms with Gasteiger partial charge < -0.3 is 14.2 Å². The fourth-order valence-electron chi connectivity index (χ4n) is 7.33. The first-order valence-corrected chi connectivity index (χ1v) is 24.4. The maximum absolute atomic E-state index is 12.7. The van der Waals surface area contributed by atoms with Crippen LogP contribution in [-0.2, 0) is 28.6 Å². The highest BCUT2D eigenvalue weighted by Gasteiger charge is 2.19. The van der Waals surface area contributed by atoms with Gasteiger partial charge in [0, 0.05) is 19.3 Å². The van der Waals surface area contributed by atoms with Gasteiger partial charge in [0.25, 0.3) is 0 Å². The number of hydrogen-bond acceptors (Lipinski definition) is 6. The lowest BCUT2D eigenvalue weighted by atomic mass is 10.0. The van der Waals surface area contributed by atoms with Crippen molar-refractivity contribution >= 4 is 17.9 Å². The molecule has 0 aliphatic rings. The lowest BCUT2D eigenvalue weighted by molar-refractivity contribution is -0.167. The number of rotatable bonds is 44. The SMILES string of the molecule is CCCCCCCCCCCCCC(=O)OC[C@@H](COC(=O)CCCCCCCCCCCCCCC(C)C)OC(=O)CCCCCCCCCCCCC. The second kappa shape index (κ2) is 43.5. The van der Waals surface area contributed by atoms with Crippen LogP contribution in [0.4, 0.5) is 0 Å². The van der Waals surface area contributed by atoms with E-state index in [-0.39, 0.29) is 31.1 Å². The molecule has 6 heteroatoms. The van der Waals surface area contributed by atoms with Crippen molar-refractivity contribution in [2.75, 3.05) is 13.2 Å². The van der Waals surface area contributed by atoms with Crippen molar-refractivity contribution in [3.63, 3.8) is 0 Å². The van der Waals surface area contributed by atoms with Gasteiger partial charge in [0.2, 0.25) is 0 Å². The van der Waals surface area contributed by atoms with Gasteiger partial charge in [-0.25, -0.2) is 0 Å². The van der Waals surface area contributed by atoms with Crippen LogP contribution in [0.3, 0.4) is 0 Å². The zero-order chi connectivity index (χ0) is 40.3. The fourth-order valence-corrected chi connectivity index (χ4v) is 7.33. The van der Waals surface area contributed by atoms with Crippen molar-refractivity contribution in [2.45, 2.75) is 278 Å². The number of unbranched alkanes of at least 4 members (excludes halogenated alkanes) is 31. The first-order valence-electron chi connectivity index (χ1n) is 24.4. The molecule has 0 rings (SSSR count). The Labute approximate surface area is 342 Å². The quantitative estimate of drug-likeness (QED) is 0.0348. The normalized spacial score (nSPS) is 11.9. The molecule has 55 heavy (non-hydrogen) atoms. The summed E-state index contributed by atoms with van der Waals surface area (Å²) in [6.45, 7) is 9.00. The molecule has 0 N–H and O–H groups in total. The van der Waals surface area contributed by atoms with E-state index in [1.165, 1.54) is 167 Å². The van der Waals surface area contributed by atoms with Crippen LogP contribution in [0, 0.1) is 5.92 Å². The van der Waals surface area contributed by atoms with E-state index in [1.807, 2.05) is 0 Å². The summed E-state index contributed by atoms with van der Waals surface area (Å²) >= 11 is 0. The van der Waals surface area contributed by atoms with Crippen molar-refractivity contribution in [2.24, 2.45) is 5.92 Å². The highest BCUT2D eigenvalue weighted by molar-refractivity contribution is 5.71. The van der Waals surface area contributed by atoms with Gasteiger partial charge in [-0.3, -0.25) is 14.4 Å². The zero-order valence-corrected chi connectivity index (χ0v) is 37.4. The second-order valence-corrected chi connectivity index (χ2v) is 17.2. The number of ether oxygens (including phenoxy) is 3. The minimum absolute atomic E-state index is 0.0632. The van der Waals surface area contributed by atoms with Crippen LogP contribution < -0.4 is 0 Å². The van der Waals surface area contributed by atoms with Crippen LogP contribution >= 0.6 is 0 Å². The van der Waals surface area contributed by atoms with Gasteiger partial charge in [-0.1, -0.05) is 233 Å². The van der Waals surface area contributed by atoms with Crippen LogP contribution in [-0.4, -0.2) is 37.2 Å². The molecule has 0 heterocycles. The summed E-state index contributed by atoms with van der Waals surface area (Å²) in [6.07, 6.45) is 43.7. The van der Waals surface area contributed by atoms with E-state index in [4.69, 9.17) is 14.2 Å². The van der Waals surface area contributed by atoms with Gasteiger partial charge in [-0.15, -0.1) is 0 Å². The Balaban J connectivity index is 4.29. The summed E-state index contributed by atoms with van der Waals surface area (Å²) < 4.78 is 16.7. The van der Waals surface area contributed by atoms with Gasteiger partial charge in [0.1, 0.15) is 13.2 Å². The van der Waals surface area contributed by atoms with Crippen molar-refractivity contribution < 1.29 is 28.6 Å². The molecule has 0 unspecified atom stereocenters. The van der Waals surface area contributed by atoms with Crippen LogP contribution in [0.1, 0.15) is 272 Å². The Kier molecular flexibility index (Phi) is 42.3. The van der Waals surface area contributed by atoms with E-state index >= 15 is 0 Å². The van der Waals surface area contributed by atoms with Crippen LogP contribution in [0.15, 0.2) is 0 Å². The molecule has 0 bridgehead atoms. The molecule has 0 amide bonds. The van der Waals surface area contributed by atoms with Gasteiger partial charge in [0.15, 0.2) is 6.10 Å². The largest absolute Gasteiger partial charge is 0.462 e. The standard InChI is InChI=1S/C49H94O6/c1-5-7-9-11-13-15-19-24-28-32-36-40-47(50)53-43-46(55-49(52)42-38-34-30-26-20-16-14-12-10-8-6-2)44-54-48(51)41-37-33-29-25-22-18-17-21-23-27-31-35-39-45(3)4/h45-46H,5-44H2,1-4H3/t46-/m0/s1. The van der Waals surface area contributed by atoms with Crippen molar-refractivity contribution in [3.05, 3.63) is 0 Å². The number of carbonyl (C=O) groups excluding carboxylic acids is 3. The highest BCUT2D eigenvalue weighted by Crippen LogP contribution is 2.16. The molecule has 0 saturated carbocycles. The summed E-state index contributed by atoms with van der Waals surface area (Å²) in [5, 5.41) is 0. The monoisotopic (exact) mass is 779 g/mol. The molecule has 0 fully saturated rings. The summed E-state index contributed by atoms with van der Waals surface area (Å²) in [5.74, 6) is -0.0159. The second-order valence-electron chi connectivity index (χ2n) is 17.2. The van der Waals surface area contributed by atoms with E-state index < -0.39 is 6.10 Å². The van der Waals surface area contributed by atoms with Gasteiger partial charge in [0.05, 0.1) is 0 Å². The molecule has 6 nitrogen and oxygen atoms in total. The molecule has 0 aromatic carbocycles. The molecular formula is C49H94O6. The zero-order valence-electron chi connectivity index (χ0n) is 37.4. The highest BCUT2D eigenvalue weighted by atomic mass is 16.6. The Morgan fingerprint density at radius 1 is 0.345 bits per heavy atom. The van der Waals surface area contributed by atoms with Gasteiger partial charge in [-0.05, 0) is 25.2 Å². The molecule has 0 spiro atoms. The lowest BCUT2D eigenvalue weighted by Crippen LogP contribution is -2.30. The maximum atomic E-state index is 12.7. The lowest BCUT2D eigenvalue weighted by Gasteiger charge is -2.18. The number of hydrogen-bond donors (Lipinski definition) is 0. The van der Waals surface area contributed by atoms with Crippen molar-refractivity contribution in [3.8, 4) is 0 Å². The molecule has 0 aromatic heterocycles. The smallest absolute Gasteiger partial charge is 0.306 e. The first kappa shape index (κ1) is 53.4. The first-order chi connectivity index (χ1) is 26.9. The van der Waals surface area contributed by atoms with E-state index in [9.17, 15) is 14.4 Å². The molecule has 1 atom stereocenters. The van der Waals surface area contributed by atoms with E-state index in [0.717, 1.165) is 63.7 Å². The average molecular weight is 779 g/mol. The third-order valence-electron chi connectivity index (χ3n) is 11.0. The summed E-state index contributed by atoms with van der Waals surface area (Å²) in [7, 11) is 0. The summed E-state index contributed by atoms with van der Waals surface area (Å²) in [5.41, 5.74) is 0. The Hall–Kier alpha value is -1.59. The van der Waals surface area contributed by atoms with Crippen molar-refractivity contribution in [1.29, 1.82) is 0 Å². The number of carbonyl (C=O) groups is 3. The van der Waals surface area contributed by atoms with E-state index in [2.05, 4.69) is 27.7 Å². The minimum Gasteiger partial charge on any atom is -0.462 e. The van der Waals surface area contributed by atoms with Crippen molar-refractivity contribution in [1.82, 2.24) is 0 Å². The van der Waals surface area contributed by atoms with Gasteiger partial charge in [-0.2, -0.15) is 0 Å². The van der Waals surface area contributed by atoms with Crippen LogP contribution in [0.5, 0.6) is 0 Å². The van der Waals surface area contributed by atoms with Crippen LogP contribution in [0.25, 0.3) is 0 Å². The maximum Gasteiger partial charge on any atom is 0.306 e. The van der Waals surface area contributed by atoms with E-state index in [1.54, 1.807) is 0 Å². The molecule has 0 aliphatic carbocycles. The number of esters is 3. The Bertz CT molecular complexity index is 826. The van der Waals surface area contributed by atoms with Crippen LogP contribution in [0.2, 0.25) is 0 Å². The van der Waals surface area contributed by atoms with E-state index in [0.29, 0.717) is 19.3 Å². The predicted molar refractivity (Wildman–Crippen MR) is 233 cm³/mol. The molecule has 0 radical (unpaired) electrons. The third-order valence-corrected chi connectivity index (χ3v) is 11.0. The third kappa shape index (κ3) is 43.4. The Morgan fingerprint density at radius 2 is 0.600 bits per heavy atom. The predicted octanol–water partition coefficient (Wildman–Crippen LogP) is 15.5. The summed E-state index contributed by atoms with van der Waals surface area (Å²) in [6, 6.07) is 0. The molecule has 0 saturated heterocycles. The fraction of sp³-hybridized carbons (Fsp3) is 0.939. The minimum atomic E-state index is -0.759. The van der Waals surface area contributed by atoms with Gasteiger partial charge >= 0.3 is 17.9 Å². The Morgan fingerprint density at radius 3 is 0.891 bits per heavy atom. The topological polar surface area (TPSA) is 78.9 Å². The molecule has 326 valence electrons. The average Bonchev–Trinajstić information content (AvgIpc) is 3.17. The molecule has 0 aliphatic heterocycles.